The van der Waals surface area contributed by atoms with Crippen LogP contribution < -0.4 is 10.1 Å². The van der Waals surface area contributed by atoms with E-state index in [0.29, 0.717) is 37.3 Å². The molecule has 0 radical (unpaired) electrons. The molecule has 7 heteroatoms. The maximum absolute atomic E-state index is 12.6. The molecule has 30 heavy (non-hydrogen) atoms. The van der Waals surface area contributed by atoms with Crippen LogP contribution in [0.5, 0.6) is 5.75 Å². The van der Waals surface area contributed by atoms with E-state index in [4.69, 9.17) is 9.47 Å². The summed E-state index contributed by atoms with van der Waals surface area (Å²) in [5.74, 6) is -0.246. The van der Waals surface area contributed by atoms with Crippen LogP contribution in [0.3, 0.4) is 0 Å². The Morgan fingerprint density at radius 2 is 1.77 bits per heavy atom. The van der Waals surface area contributed by atoms with Crippen molar-refractivity contribution in [2.45, 2.75) is 20.3 Å². The van der Waals surface area contributed by atoms with E-state index in [1.807, 2.05) is 32.0 Å². The lowest BCUT2D eigenvalue weighted by Crippen LogP contribution is -2.31. The summed E-state index contributed by atoms with van der Waals surface area (Å²) in [5.41, 5.74) is 3.12. The monoisotopic (exact) mass is 410 g/mol. The molecule has 0 saturated carbocycles. The average Bonchev–Trinajstić information content (AvgIpc) is 2.96. The molecule has 158 valence electrons. The van der Waals surface area contributed by atoms with Gasteiger partial charge in [-0.3, -0.25) is 19.3 Å². The van der Waals surface area contributed by atoms with Gasteiger partial charge in [0.25, 0.3) is 17.7 Å². The Morgan fingerprint density at radius 3 is 2.50 bits per heavy atom. The van der Waals surface area contributed by atoms with Crippen LogP contribution in [0.1, 0.15) is 48.6 Å². The fraction of sp³-hybridized carbons (Fsp3) is 0.348. The Labute approximate surface area is 176 Å². The second-order valence-corrected chi connectivity index (χ2v) is 7.24. The van der Waals surface area contributed by atoms with E-state index < -0.39 is 0 Å². The maximum atomic E-state index is 12.6. The molecule has 0 fully saturated rings. The highest BCUT2D eigenvalue weighted by molar-refractivity contribution is 6.22. The lowest BCUT2D eigenvalue weighted by molar-refractivity contribution is 0.0638. The van der Waals surface area contributed by atoms with Gasteiger partial charge in [-0.15, -0.1) is 0 Å². The molecule has 0 bridgehead atoms. The molecule has 1 heterocycles. The van der Waals surface area contributed by atoms with Crippen LogP contribution in [0.2, 0.25) is 0 Å². The summed E-state index contributed by atoms with van der Waals surface area (Å²) >= 11 is 0. The number of nitrogens with one attached hydrogen (secondary N) is 1. The van der Waals surface area contributed by atoms with Crippen LogP contribution in [0.15, 0.2) is 36.4 Å². The number of nitrogens with zero attached hydrogens (tertiary/aromatic N) is 1. The zero-order valence-electron chi connectivity index (χ0n) is 17.5. The van der Waals surface area contributed by atoms with Crippen molar-refractivity contribution in [3.05, 3.63) is 64.2 Å². The van der Waals surface area contributed by atoms with Gasteiger partial charge in [-0.2, -0.15) is 0 Å². The first-order valence-corrected chi connectivity index (χ1v) is 9.90. The first-order chi connectivity index (χ1) is 14.4. The van der Waals surface area contributed by atoms with Gasteiger partial charge in [0.05, 0.1) is 17.7 Å². The van der Waals surface area contributed by atoms with Gasteiger partial charge in [-0.05, 0) is 50.1 Å². The summed E-state index contributed by atoms with van der Waals surface area (Å²) in [7, 11) is 1.57. The van der Waals surface area contributed by atoms with Crippen molar-refractivity contribution in [2.75, 3.05) is 33.4 Å². The van der Waals surface area contributed by atoms with Crippen molar-refractivity contribution in [3.8, 4) is 5.75 Å². The molecule has 0 atom stereocenters. The zero-order chi connectivity index (χ0) is 21.7. The minimum absolute atomic E-state index is 0.261. The second-order valence-electron chi connectivity index (χ2n) is 7.24. The molecule has 2 aromatic carbocycles. The zero-order valence-corrected chi connectivity index (χ0v) is 17.5. The summed E-state index contributed by atoms with van der Waals surface area (Å²) in [6.07, 6.45) is 0.565. The Morgan fingerprint density at radius 1 is 1.00 bits per heavy atom. The van der Waals surface area contributed by atoms with Crippen molar-refractivity contribution in [2.24, 2.45) is 0 Å². The van der Waals surface area contributed by atoms with E-state index in [-0.39, 0.29) is 29.8 Å². The molecular weight excluding hydrogens is 384 g/mol. The van der Waals surface area contributed by atoms with E-state index in [9.17, 15) is 14.4 Å². The predicted molar refractivity (Wildman–Crippen MR) is 112 cm³/mol. The molecule has 1 aliphatic rings. The van der Waals surface area contributed by atoms with E-state index in [1.165, 1.54) is 17.0 Å². The SMILES string of the molecule is COCCCN1C(=O)c2ccc(C(=O)NCCOc3ccc(C)cc3C)cc2C1=O. The highest BCUT2D eigenvalue weighted by atomic mass is 16.5. The molecule has 0 aliphatic carbocycles. The number of benzene rings is 2. The largest absolute Gasteiger partial charge is 0.491 e. The third-order valence-corrected chi connectivity index (χ3v) is 4.94. The molecule has 0 saturated heterocycles. The number of carbonyl (C=O) groups is 3. The van der Waals surface area contributed by atoms with Crippen LogP contribution in [0.4, 0.5) is 0 Å². The van der Waals surface area contributed by atoms with Crippen molar-refractivity contribution in [1.29, 1.82) is 0 Å². The molecule has 2 aromatic rings. The molecular formula is C23H26N2O5. The highest BCUT2D eigenvalue weighted by Gasteiger charge is 2.35. The average molecular weight is 410 g/mol. The third-order valence-electron chi connectivity index (χ3n) is 4.94. The standard InChI is InChI=1S/C23H26N2O5/c1-15-5-8-20(16(2)13-15)30-12-9-24-21(26)17-6-7-18-19(14-17)23(28)25(22(18)27)10-4-11-29-3/h5-8,13-14H,4,9-12H2,1-3H3,(H,24,26). The summed E-state index contributed by atoms with van der Waals surface area (Å²) in [5, 5.41) is 2.78. The van der Waals surface area contributed by atoms with E-state index in [1.54, 1.807) is 13.2 Å². The Balaban J connectivity index is 1.57. The van der Waals surface area contributed by atoms with Gasteiger partial charge < -0.3 is 14.8 Å². The van der Waals surface area contributed by atoms with E-state index in [0.717, 1.165) is 16.9 Å². The molecule has 1 N–H and O–H groups in total. The second kappa shape index (κ2) is 9.54. The topological polar surface area (TPSA) is 84.9 Å². The molecule has 0 spiro atoms. The molecule has 0 unspecified atom stereocenters. The maximum Gasteiger partial charge on any atom is 0.261 e. The molecule has 3 amide bonds. The summed E-state index contributed by atoms with van der Waals surface area (Å²) in [4.78, 5) is 38.6. The van der Waals surface area contributed by atoms with Gasteiger partial charge in [0, 0.05) is 25.8 Å². The number of rotatable bonds is 9. The van der Waals surface area contributed by atoms with Crippen LogP contribution in [0.25, 0.3) is 0 Å². The van der Waals surface area contributed by atoms with Gasteiger partial charge in [0.1, 0.15) is 12.4 Å². The third kappa shape index (κ3) is 4.68. The van der Waals surface area contributed by atoms with Crippen molar-refractivity contribution in [3.63, 3.8) is 0 Å². The number of imide groups is 1. The van der Waals surface area contributed by atoms with E-state index >= 15 is 0 Å². The number of hydrogen-bond acceptors (Lipinski definition) is 5. The molecule has 3 rings (SSSR count). The van der Waals surface area contributed by atoms with Crippen molar-refractivity contribution < 1.29 is 23.9 Å². The van der Waals surface area contributed by atoms with Gasteiger partial charge in [0.2, 0.25) is 0 Å². The van der Waals surface area contributed by atoms with Crippen LogP contribution in [-0.4, -0.2) is 56.0 Å². The first-order valence-electron chi connectivity index (χ1n) is 9.90. The summed E-state index contributed by atoms with van der Waals surface area (Å²) in [6.45, 7) is 5.39. The van der Waals surface area contributed by atoms with Gasteiger partial charge in [-0.1, -0.05) is 17.7 Å². The minimum atomic E-state index is -0.376. The molecule has 1 aliphatic heterocycles. The minimum Gasteiger partial charge on any atom is -0.491 e. The fourth-order valence-electron chi connectivity index (χ4n) is 3.39. The molecule has 0 aromatic heterocycles. The van der Waals surface area contributed by atoms with Crippen LogP contribution >= 0.6 is 0 Å². The number of carbonyl (C=O) groups excluding carboxylic acids is 3. The number of methoxy groups -OCH3 is 1. The van der Waals surface area contributed by atoms with E-state index in [2.05, 4.69) is 5.32 Å². The summed E-state index contributed by atoms with van der Waals surface area (Å²) in [6, 6.07) is 10.5. The van der Waals surface area contributed by atoms with Gasteiger partial charge in [-0.25, -0.2) is 0 Å². The van der Waals surface area contributed by atoms with Gasteiger partial charge in [0.15, 0.2) is 0 Å². The number of hydrogen-bond donors (Lipinski definition) is 1. The van der Waals surface area contributed by atoms with Crippen LogP contribution in [0, 0.1) is 13.8 Å². The fourth-order valence-corrected chi connectivity index (χ4v) is 3.39. The highest BCUT2D eigenvalue weighted by Crippen LogP contribution is 2.24. The summed E-state index contributed by atoms with van der Waals surface area (Å²) < 4.78 is 10.7. The Bertz CT molecular complexity index is 970. The molecule has 7 nitrogen and oxygen atoms in total. The quantitative estimate of drug-likeness (QED) is 0.508. The smallest absolute Gasteiger partial charge is 0.261 e. The number of ether oxygens (including phenoxy) is 2. The van der Waals surface area contributed by atoms with Crippen LogP contribution in [-0.2, 0) is 4.74 Å². The van der Waals surface area contributed by atoms with Crippen molar-refractivity contribution >= 4 is 17.7 Å². The van der Waals surface area contributed by atoms with Gasteiger partial charge >= 0.3 is 0 Å². The lowest BCUT2D eigenvalue weighted by Gasteiger charge is -2.12. The number of amides is 3. The first kappa shape index (κ1) is 21.5. The normalized spacial score (nSPS) is 12.8. The lowest BCUT2D eigenvalue weighted by atomic mass is 10.1. The number of fused-ring (bicyclic) bond motifs is 1. The Hall–Kier alpha value is -3.19. The number of aryl methyl sites for hydroxylation is 2. The predicted octanol–water partition coefficient (Wildman–Crippen LogP) is 2.74. The van der Waals surface area contributed by atoms with Crippen molar-refractivity contribution in [1.82, 2.24) is 10.2 Å². The Kier molecular flexibility index (Phi) is 6.84.